The van der Waals surface area contributed by atoms with Gasteiger partial charge in [-0.15, -0.1) is 0 Å². The summed E-state index contributed by atoms with van der Waals surface area (Å²) in [6.07, 6.45) is 0. The average Bonchev–Trinajstić information content (AvgIpc) is 2.26. The van der Waals surface area contributed by atoms with Crippen LogP contribution in [0.5, 0.6) is 0 Å². The smallest absolute Gasteiger partial charge is 0.144 e. The summed E-state index contributed by atoms with van der Waals surface area (Å²) in [5.41, 5.74) is 0.169. The van der Waals surface area contributed by atoms with Crippen molar-refractivity contribution in [2.75, 3.05) is 19.8 Å². The lowest BCUT2D eigenvalue weighted by Crippen LogP contribution is -2.47. The molecule has 1 N–H and O–H groups in total. The van der Waals surface area contributed by atoms with Crippen LogP contribution in [0.4, 0.5) is 8.78 Å². The molecule has 1 heterocycles. The fourth-order valence-corrected chi connectivity index (χ4v) is 2.14. The first-order valence-electron chi connectivity index (χ1n) is 5.43. The molecule has 1 aliphatic heterocycles. The first-order chi connectivity index (χ1) is 8.02. The summed E-state index contributed by atoms with van der Waals surface area (Å²) in [7, 11) is 0. The second-order valence-electron chi connectivity index (χ2n) is 4.73. The normalized spacial score (nSPS) is 17.9. The molecule has 94 valence electrons. The van der Waals surface area contributed by atoms with Gasteiger partial charge in [0.25, 0.3) is 0 Å². The van der Waals surface area contributed by atoms with E-state index >= 15 is 0 Å². The number of ether oxygens (including phenoxy) is 1. The Balaban J connectivity index is 1.96. The highest BCUT2D eigenvalue weighted by Crippen LogP contribution is 2.26. The molecule has 5 heteroatoms. The van der Waals surface area contributed by atoms with Crippen LogP contribution in [0.3, 0.4) is 0 Å². The molecule has 0 amide bonds. The zero-order valence-electron chi connectivity index (χ0n) is 9.53. The molecular formula is C12H14BrF2NO. The van der Waals surface area contributed by atoms with Crippen LogP contribution in [-0.2, 0) is 11.3 Å². The van der Waals surface area contributed by atoms with E-state index in [1.807, 2.05) is 0 Å². The molecule has 0 aliphatic carbocycles. The molecule has 17 heavy (non-hydrogen) atoms. The first kappa shape index (κ1) is 12.9. The van der Waals surface area contributed by atoms with Crippen molar-refractivity contribution >= 4 is 15.9 Å². The standard InChI is InChI=1S/C12H14BrF2NO/c1-12(6-17-7-12)5-16-4-8-10(14)3-2-9(13)11(8)15/h2-3,16H,4-7H2,1H3. The first-order valence-corrected chi connectivity index (χ1v) is 6.22. The Bertz CT molecular complexity index is 421. The third kappa shape index (κ3) is 2.84. The van der Waals surface area contributed by atoms with E-state index in [1.165, 1.54) is 12.1 Å². The zero-order chi connectivity index (χ0) is 12.5. The van der Waals surface area contributed by atoms with E-state index in [-0.39, 0.29) is 22.0 Å². The van der Waals surface area contributed by atoms with Gasteiger partial charge >= 0.3 is 0 Å². The topological polar surface area (TPSA) is 21.3 Å². The molecule has 1 saturated heterocycles. The van der Waals surface area contributed by atoms with Crippen molar-refractivity contribution in [3.63, 3.8) is 0 Å². The van der Waals surface area contributed by atoms with Crippen molar-refractivity contribution in [2.45, 2.75) is 13.5 Å². The second-order valence-corrected chi connectivity index (χ2v) is 5.58. The Morgan fingerprint density at radius 3 is 2.71 bits per heavy atom. The molecule has 0 bridgehead atoms. The molecule has 0 spiro atoms. The number of hydrogen-bond donors (Lipinski definition) is 1. The fraction of sp³-hybridized carbons (Fsp3) is 0.500. The lowest BCUT2D eigenvalue weighted by molar-refractivity contribution is -0.0991. The quantitative estimate of drug-likeness (QED) is 0.864. The summed E-state index contributed by atoms with van der Waals surface area (Å²) in [5, 5.41) is 3.07. The van der Waals surface area contributed by atoms with E-state index in [1.54, 1.807) is 0 Å². The van der Waals surface area contributed by atoms with Gasteiger partial charge in [-0.05, 0) is 28.1 Å². The van der Waals surface area contributed by atoms with E-state index in [0.29, 0.717) is 19.8 Å². The Morgan fingerprint density at radius 1 is 1.41 bits per heavy atom. The van der Waals surface area contributed by atoms with Gasteiger partial charge in [-0.3, -0.25) is 0 Å². The minimum absolute atomic E-state index is 0.0724. The monoisotopic (exact) mass is 305 g/mol. The lowest BCUT2D eigenvalue weighted by Gasteiger charge is -2.38. The molecule has 0 atom stereocenters. The molecule has 2 rings (SSSR count). The van der Waals surface area contributed by atoms with Gasteiger partial charge in [0.05, 0.1) is 17.7 Å². The Labute approximate surface area is 107 Å². The molecule has 2 nitrogen and oxygen atoms in total. The molecule has 0 aromatic heterocycles. The van der Waals surface area contributed by atoms with Gasteiger partial charge in [-0.2, -0.15) is 0 Å². The number of benzene rings is 1. The van der Waals surface area contributed by atoms with Gasteiger partial charge in [0.1, 0.15) is 11.6 Å². The van der Waals surface area contributed by atoms with Gasteiger partial charge in [0.2, 0.25) is 0 Å². The molecule has 1 aromatic rings. The highest BCUT2D eigenvalue weighted by atomic mass is 79.9. The van der Waals surface area contributed by atoms with Crippen LogP contribution in [0.15, 0.2) is 16.6 Å². The van der Waals surface area contributed by atoms with Crippen LogP contribution in [0.25, 0.3) is 0 Å². The van der Waals surface area contributed by atoms with Crippen molar-refractivity contribution in [3.05, 3.63) is 33.8 Å². The summed E-state index contributed by atoms with van der Waals surface area (Å²) >= 11 is 3.05. The highest BCUT2D eigenvalue weighted by molar-refractivity contribution is 9.10. The average molecular weight is 306 g/mol. The summed E-state index contributed by atoms with van der Waals surface area (Å²) in [5.74, 6) is -1.05. The minimum atomic E-state index is -0.535. The zero-order valence-corrected chi connectivity index (χ0v) is 11.1. The molecule has 0 unspecified atom stereocenters. The third-order valence-corrected chi connectivity index (χ3v) is 3.51. The van der Waals surface area contributed by atoms with Crippen LogP contribution in [0.1, 0.15) is 12.5 Å². The van der Waals surface area contributed by atoms with Gasteiger partial charge in [-0.1, -0.05) is 6.92 Å². The molecule has 1 aliphatic rings. The van der Waals surface area contributed by atoms with E-state index in [9.17, 15) is 8.78 Å². The van der Waals surface area contributed by atoms with Crippen molar-refractivity contribution < 1.29 is 13.5 Å². The second kappa shape index (κ2) is 5.00. The van der Waals surface area contributed by atoms with Crippen LogP contribution in [0, 0.1) is 17.0 Å². The number of halogens is 3. The van der Waals surface area contributed by atoms with Crippen LogP contribution >= 0.6 is 15.9 Å². The minimum Gasteiger partial charge on any atom is -0.380 e. The summed E-state index contributed by atoms with van der Waals surface area (Å²) in [4.78, 5) is 0. The molecule has 1 fully saturated rings. The van der Waals surface area contributed by atoms with Gasteiger partial charge in [0, 0.05) is 24.1 Å². The van der Waals surface area contributed by atoms with Crippen LogP contribution < -0.4 is 5.32 Å². The Kier molecular flexibility index (Phi) is 3.80. The summed E-state index contributed by atoms with van der Waals surface area (Å²) < 4.78 is 32.4. The van der Waals surface area contributed by atoms with Crippen molar-refractivity contribution in [1.29, 1.82) is 0 Å². The maximum absolute atomic E-state index is 13.6. The van der Waals surface area contributed by atoms with Crippen molar-refractivity contribution in [2.24, 2.45) is 5.41 Å². The van der Waals surface area contributed by atoms with Crippen molar-refractivity contribution in [1.82, 2.24) is 5.32 Å². The van der Waals surface area contributed by atoms with Crippen LogP contribution in [0.2, 0.25) is 0 Å². The predicted octanol–water partition coefficient (Wildman–Crippen LogP) is 2.85. The molecule has 0 radical (unpaired) electrons. The lowest BCUT2D eigenvalue weighted by atomic mass is 9.89. The summed E-state index contributed by atoms with van der Waals surface area (Å²) in [6.45, 7) is 4.36. The number of rotatable bonds is 4. The Hall–Kier alpha value is -0.520. The summed E-state index contributed by atoms with van der Waals surface area (Å²) in [6, 6.07) is 2.63. The van der Waals surface area contributed by atoms with Crippen LogP contribution in [-0.4, -0.2) is 19.8 Å². The van der Waals surface area contributed by atoms with E-state index in [2.05, 4.69) is 28.2 Å². The molecule has 1 aromatic carbocycles. The maximum atomic E-state index is 13.6. The molecule has 0 saturated carbocycles. The predicted molar refractivity (Wildman–Crippen MR) is 64.7 cm³/mol. The van der Waals surface area contributed by atoms with Gasteiger partial charge in [-0.25, -0.2) is 8.78 Å². The van der Waals surface area contributed by atoms with Crippen molar-refractivity contribution in [3.8, 4) is 0 Å². The maximum Gasteiger partial charge on any atom is 0.144 e. The number of nitrogens with one attached hydrogen (secondary N) is 1. The Morgan fingerprint density at radius 2 is 2.12 bits per heavy atom. The SMILES string of the molecule is CC1(CNCc2c(F)ccc(Br)c2F)COC1. The third-order valence-electron chi connectivity index (χ3n) is 2.89. The highest BCUT2D eigenvalue weighted by Gasteiger charge is 2.32. The van der Waals surface area contributed by atoms with E-state index < -0.39 is 11.6 Å². The molecular weight excluding hydrogens is 292 g/mol. The largest absolute Gasteiger partial charge is 0.380 e. The number of hydrogen-bond acceptors (Lipinski definition) is 2. The van der Waals surface area contributed by atoms with E-state index in [0.717, 1.165) is 0 Å². The van der Waals surface area contributed by atoms with E-state index in [4.69, 9.17) is 4.74 Å². The van der Waals surface area contributed by atoms with Gasteiger partial charge < -0.3 is 10.1 Å². The van der Waals surface area contributed by atoms with Gasteiger partial charge in [0.15, 0.2) is 0 Å². The fourth-order valence-electron chi connectivity index (χ4n) is 1.77.